The van der Waals surface area contributed by atoms with Gasteiger partial charge in [-0.15, -0.1) is 23.5 Å². The molecule has 0 bridgehead atoms. The van der Waals surface area contributed by atoms with Crippen LogP contribution in [0.2, 0.25) is 0 Å². The largest absolute Gasteiger partial charge is 0.192 e. The summed E-state index contributed by atoms with van der Waals surface area (Å²) in [5.41, 5.74) is 4.69. The van der Waals surface area contributed by atoms with Crippen LogP contribution < -0.4 is 0 Å². The SMILES string of the molecule is CSc1cccc(SCc2cc(C)cc(C)c2)c1C#N. The number of rotatable bonds is 4. The van der Waals surface area contributed by atoms with Gasteiger partial charge in [-0.2, -0.15) is 5.26 Å². The van der Waals surface area contributed by atoms with E-state index in [0.717, 1.165) is 21.1 Å². The van der Waals surface area contributed by atoms with E-state index in [4.69, 9.17) is 0 Å². The zero-order chi connectivity index (χ0) is 14.5. The van der Waals surface area contributed by atoms with Crippen molar-refractivity contribution >= 4 is 23.5 Å². The minimum absolute atomic E-state index is 0.800. The molecule has 0 saturated carbocycles. The van der Waals surface area contributed by atoms with Crippen molar-refractivity contribution in [2.75, 3.05) is 6.26 Å². The highest BCUT2D eigenvalue weighted by Gasteiger charge is 2.08. The van der Waals surface area contributed by atoms with Crippen LogP contribution in [0, 0.1) is 25.2 Å². The molecular formula is C17H17NS2. The maximum atomic E-state index is 9.34. The summed E-state index contributed by atoms with van der Waals surface area (Å²) in [5, 5.41) is 9.34. The van der Waals surface area contributed by atoms with Gasteiger partial charge >= 0.3 is 0 Å². The molecule has 2 aromatic rings. The second-order valence-electron chi connectivity index (χ2n) is 4.73. The van der Waals surface area contributed by atoms with E-state index in [2.05, 4.69) is 38.1 Å². The van der Waals surface area contributed by atoms with Gasteiger partial charge in [0.2, 0.25) is 0 Å². The predicted octanol–water partition coefficient (Wildman–Crippen LogP) is 5.19. The van der Waals surface area contributed by atoms with E-state index in [9.17, 15) is 5.26 Å². The van der Waals surface area contributed by atoms with Crippen LogP contribution in [0.4, 0.5) is 0 Å². The van der Waals surface area contributed by atoms with Crippen molar-refractivity contribution in [2.45, 2.75) is 29.4 Å². The highest BCUT2D eigenvalue weighted by atomic mass is 32.2. The Balaban J connectivity index is 2.21. The predicted molar refractivity (Wildman–Crippen MR) is 88.4 cm³/mol. The van der Waals surface area contributed by atoms with Gasteiger partial charge in [0.15, 0.2) is 0 Å². The number of nitrogens with zero attached hydrogens (tertiary/aromatic N) is 1. The molecule has 0 aliphatic heterocycles. The van der Waals surface area contributed by atoms with Crippen LogP contribution in [0.3, 0.4) is 0 Å². The van der Waals surface area contributed by atoms with Gasteiger partial charge in [-0.3, -0.25) is 0 Å². The maximum Gasteiger partial charge on any atom is 0.101 e. The second-order valence-corrected chi connectivity index (χ2v) is 6.60. The average Bonchev–Trinajstić information content (AvgIpc) is 2.43. The highest BCUT2D eigenvalue weighted by Crippen LogP contribution is 2.31. The van der Waals surface area contributed by atoms with E-state index < -0.39 is 0 Å². The third-order valence-electron chi connectivity index (χ3n) is 3.00. The monoisotopic (exact) mass is 299 g/mol. The Morgan fingerprint density at radius 2 is 1.70 bits per heavy atom. The molecule has 2 rings (SSSR count). The van der Waals surface area contributed by atoms with Crippen LogP contribution in [0.1, 0.15) is 22.3 Å². The molecule has 0 aliphatic carbocycles. The number of aryl methyl sites for hydroxylation is 2. The molecule has 0 aromatic heterocycles. The zero-order valence-electron chi connectivity index (χ0n) is 11.9. The van der Waals surface area contributed by atoms with Gasteiger partial charge in [0.1, 0.15) is 6.07 Å². The first kappa shape index (κ1) is 15.0. The Labute approximate surface area is 129 Å². The van der Waals surface area contributed by atoms with Gasteiger partial charge < -0.3 is 0 Å². The lowest BCUT2D eigenvalue weighted by Gasteiger charge is -2.08. The van der Waals surface area contributed by atoms with Crippen LogP contribution in [0.25, 0.3) is 0 Å². The van der Waals surface area contributed by atoms with Gasteiger partial charge in [-0.1, -0.05) is 35.4 Å². The van der Waals surface area contributed by atoms with E-state index in [1.54, 1.807) is 23.5 Å². The highest BCUT2D eigenvalue weighted by molar-refractivity contribution is 7.99. The van der Waals surface area contributed by atoms with Gasteiger partial charge in [0, 0.05) is 15.5 Å². The molecule has 0 N–H and O–H groups in total. The third kappa shape index (κ3) is 3.59. The second kappa shape index (κ2) is 6.88. The number of benzene rings is 2. The molecule has 0 heterocycles. The Morgan fingerprint density at radius 3 is 2.30 bits per heavy atom. The standard InChI is InChI=1S/C17H17NS2/c1-12-7-13(2)9-14(8-12)11-20-17-6-4-5-16(19-3)15(17)10-18/h4-9H,11H2,1-3H3. The molecule has 0 amide bonds. The molecular weight excluding hydrogens is 282 g/mol. The smallest absolute Gasteiger partial charge is 0.101 e. The molecule has 0 atom stereocenters. The Hall–Kier alpha value is -1.37. The molecule has 0 aliphatic rings. The first-order valence-electron chi connectivity index (χ1n) is 6.41. The lowest BCUT2D eigenvalue weighted by Crippen LogP contribution is -1.88. The number of thioether (sulfide) groups is 2. The minimum Gasteiger partial charge on any atom is -0.192 e. The minimum atomic E-state index is 0.800. The fourth-order valence-electron chi connectivity index (χ4n) is 2.22. The molecule has 102 valence electrons. The first-order valence-corrected chi connectivity index (χ1v) is 8.62. The van der Waals surface area contributed by atoms with Crippen LogP contribution in [-0.4, -0.2) is 6.26 Å². The summed E-state index contributed by atoms with van der Waals surface area (Å²) in [4.78, 5) is 2.12. The number of hydrogen-bond acceptors (Lipinski definition) is 3. The lowest BCUT2D eigenvalue weighted by atomic mass is 10.1. The molecule has 3 heteroatoms. The first-order chi connectivity index (χ1) is 9.63. The third-order valence-corrected chi connectivity index (χ3v) is 4.90. The van der Waals surface area contributed by atoms with E-state index in [1.807, 2.05) is 24.5 Å². The van der Waals surface area contributed by atoms with Gasteiger partial charge in [0.25, 0.3) is 0 Å². The summed E-state index contributed by atoms with van der Waals surface area (Å²) in [6, 6.07) is 15.0. The molecule has 20 heavy (non-hydrogen) atoms. The molecule has 0 fully saturated rings. The van der Waals surface area contributed by atoms with E-state index in [1.165, 1.54) is 16.7 Å². The quantitative estimate of drug-likeness (QED) is 0.726. The summed E-state index contributed by atoms with van der Waals surface area (Å²) in [7, 11) is 0. The molecule has 0 unspecified atom stereocenters. The topological polar surface area (TPSA) is 23.8 Å². The van der Waals surface area contributed by atoms with Gasteiger partial charge in [-0.05, 0) is 37.8 Å². The summed E-state index contributed by atoms with van der Waals surface area (Å²) in [6.45, 7) is 4.24. The van der Waals surface area contributed by atoms with Crippen molar-refractivity contribution in [3.05, 3.63) is 58.7 Å². The number of nitriles is 1. The Bertz CT molecular complexity index is 636. The van der Waals surface area contributed by atoms with E-state index >= 15 is 0 Å². The average molecular weight is 299 g/mol. The van der Waals surface area contributed by atoms with Crippen molar-refractivity contribution in [1.82, 2.24) is 0 Å². The molecule has 0 spiro atoms. The van der Waals surface area contributed by atoms with Crippen LogP contribution in [0.15, 0.2) is 46.2 Å². The Morgan fingerprint density at radius 1 is 1.05 bits per heavy atom. The lowest BCUT2D eigenvalue weighted by molar-refractivity contribution is 1.25. The molecule has 1 nitrogen and oxygen atoms in total. The summed E-state index contributed by atoms with van der Waals surface area (Å²) >= 11 is 3.36. The van der Waals surface area contributed by atoms with Crippen molar-refractivity contribution in [3.63, 3.8) is 0 Å². The Kier molecular flexibility index (Phi) is 5.17. The van der Waals surface area contributed by atoms with Gasteiger partial charge in [0.05, 0.1) is 5.56 Å². The van der Waals surface area contributed by atoms with Crippen LogP contribution in [0.5, 0.6) is 0 Å². The summed E-state index contributed by atoms with van der Waals surface area (Å²) in [5.74, 6) is 0.898. The number of hydrogen-bond donors (Lipinski definition) is 0. The maximum absolute atomic E-state index is 9.34. The molecule has 2 aromatic carbocycles. The zero-order valence-corrected chi connectivity index (χ0v) is 13.6. The normalized spacial score (nSPS) is 10.3. The van der Waals surface area contributed by atoms with Crippen molar-refractivity contribution in [3.8, 4) is 6.07 Å². The van der Waals surface area contributed by atoms with Crippen LogP contribution >= 0.6 is 23.5 Å². The van der Waals surface area contributed by atoms with Crippen molar-refractivity contribution in [1.29, 1.82) is 5.26 Å². The van der Waals surface area contributed by atoms with Crippen molar-refractivity contribution in [2.24, 2.45) is 0 Å². The van der Waals surface area contributed by atoms with E-state index in [0.29, 0.717) is 0 Å². The molecule has 0 radical (unpaired) electrons. The fraction of sp³-hybridized carbons (Fsp3) is 0.235. The fourth-order valence-corrected chi connectivity index (χ4v) is 3.83. The van der Waals surface area contributed by atoms with Crippen LogP contribution in [-0.2, 0) is 5.75 Å². The summed E-state index contributed by atoms with van der Waals surface area (Å²) in [6.07, 6.45) is 2.01. The van der Waals surface area contributed by atoms with Crippen molar-refractivity contribution < 1.29 is 0 Å². The molecule has 0 saturated heterocycles. The summed E-state index contributed by atoms with van der Waals surface area (Å²) < 4.78 is 0. The van der Waals surface area contributed by atoms with E-state index in [-0.39, 0.29) is 0 Å². The van der Waals surface area contributed by atoms with Gasteiger partial charge in [-0.25, -0.2) is 0 Å².